The number of esters is 1. The quantitative estimate of drug-likeness (QED) is 0.572. The summed E-state index contributed by atoms with van der Waals surface area (Å²) in [6.45, 7) is 7.45. The lowest BCUT2D eigenvalue weighted by molar-refractivity contribution is -0.139. The number of thioether (sulfide) groups is 1. The molecule has 1 saturated heterocycles. The lowest BCUT2D eigenvalue weighted by atomic mass is 9.94. The highest BCUT2D eigenvalue weighted by Crippen LogP contribution is 2.45. The van der Waals surface area contributed by atoms with Gasteiger partial charge in [0.25, 0.3) is 0 Å². The monoisotopic (exact) mass is 502 g/mol. The molecule has 4 rings (SSSR count). The van der Waals surface area contributed by atoms with Crippen molar-refractivity contribution in [3.8, 4) is 0 Å². The number of piperazine rings is 1. The van der Waals surface area contributed by atoms with E-state index >= 15 is 0 Å². The second-order valence-electron chi connectivity index (χ2n) is 8.23. The van der Waals surface area contributed by atoms with Crippen LogP contribution in [0.4, 0.5) is 0 Å². The van der Waals surface area contributed by atoms with E-state index in [1.54, 1.807) is 42.7 Å². The Balaban J connectivity index is 1.60. The molecule has 3 aliphatic heterocycles. The molecular formula is C24H27ClN4O4S. The Morgan fingerprint density at radius 2 is 1.76 bits per heavy atom. The average molecular weight is 503 g/mol. The first-order valence-electron chi connectivity index (χ1n) is 11.2. The minimum atomic E-state index is -0.479. The van der Waals surface area contributed by atoms with Gasteiger partial charge in [-0.25, -0.2) is 9.79 Å². The predicted molar refractivity (Wildman–Crippen MR) is 132 cm³/mol. The second kappa shape index (κ2) is 10.2. The molecule has 34 heavy (non-hydrogen) atoms. The van der Waals surface area contributed by atoms with E-state index in [1.807, 2.05) is 22.4 Å². The van der Waals surface area contributed by atoms with E-state index in [0.29, 0.717) is 42.5 Å². The van der Waals surface area contributed by atoms with Crippen molar-refractivity contribution in [2.45, 2.75) is 33.2 Å². The van der Waals surface area contributed by atoms with Crippen LogP contribution in [0, 0.1) is 0 Å². The van der Waals surface area contributed by atoms with Crippen LogP contribution in [0.5, 0.6) is 0 Å². The van der Waals surface area contributed by atoms with Gasteiger partial charge in [-0.05, 0) is 37.0 Å². The van der Waals surface area contributed by atoms with Gasteiger partial charge in [-0.3, -0.25) is 9.59 Å². The van der Waals surface area contributed by atoms with E-state index in [2.05, 4.69) is 4.99 Å². The Bertz CT molecular complexity index is 1090. The summed E-state index contributed by atoms with van der Waals surface area (Å²) in [5.41, 5.74) is 2.68. The Morgan fingerprint density at radius 3 is 2.38 bits per heavy atom. The number of halogens is 1. The van der Waals surface area contributed by atoms with Crippen LogP contribution < -0.4 is 0 Å². The van der Waals surface area contributed by atoms with Crippen molar-refractivity contribution in [2.24, 2.45) is 4.99 Å². The number of ether oxygens (including phenoxy) is 1. The van der Waals surface area contributed by atoms with Crippen molar-refractivity contribution in [3.63, 3.8) is 0 Å². The molecule has 0 saturated carbocycles. The highest BCUT2D eigenvalue weighted by atomic mass is 35.5. The normalized spacial score (nSPS) is 20.1. The van der Waals surface area contributed by atoms with Crippen LogP contribution in [-0.2, 0) is 19.1 Å². The third-order valence-electron chi connectivity index (χ3n) is 6.09. The topological polar surface area (TPSA) is 82.5 Å². The van der Waals surface area contributed by atoms with Crippen LogP contribution in [0.2, 0.25) is 5.02 Å². The Morgan fingerprint density at radius 1 is 1.12 bits per heavy atom. The van der Waals surface area contributed by atoms with Gasteiger partial charge in [-0.15, -0.1) is 0 Å². The molecule has 0 unspecified atom stereocenters. The van der Waals surface area contributed by atoms with Crippen LogP contribution in [0.15, 0.2) is 51.6 Å². The zero-order chi connectivity index (χ0) is 24.4. The fourth-order valence-corrected chi connectivity index (χ4v) is 5.43. The van der Waals surface area contributed by atoms with Crippen LogP contribution >= 0.6 is 23.4 Å². The highest BCUT2D eigenvalue weighted by Gasteiger charge is 2.41. The SMILES string of the molecule is CCOC(=O)C1=C(C)N=C2SC=C(CC(=O)N3CCN(C(C)=O)CC3)N2[C@@H]1c1ccc(Cl)cc1. The largest absolute Gasteiger partial charge is 0.463 e. The number of nitrogens with zero attached hydrogens (tertiary/aromatic N) is 4. The fraction of sp³-hybridized carbons (Fsp3) is 0.417. The minimum absolute atomic E-state index is 0.0184. The fourth-order valence-electron chi connectivity index (χ4n) is 4.34. The van der Waals surface area contributed by atoms with Gasteiger partial charge in [0.2, 0.25) is 11.8 Å². The van der Waals surface area contributed by atoms with Crippen molar-refractivity contribution in [1.29, 1.82) is 0 Å². The minimum Gasteiger partial charge on any atom is -0.463 e. The molecule has 3 aliphatic rings. The number of carbonyl (C=O) groups excluding carboxylic acids is 3. The smallest absolute Gasteiger partial charge is 0.338 e. The number of amidine groups is 1. The number of fused-ring (bicyclic) bond motifs is 1. The number of rotatable bonds is 5. The maximum absolute atomic E-state index is 13.2. The predicted octanol–water partition coefficient (Wildman–Crippen LogP) is 3.56. The molecule has 8 nitrogen and oxygen atoms in total. The summed E-state index contributed by atoms with van der Waals surface area (Å²) in [6, 6.07) is 6.85. The first-order valence-corrected chi connectivity index (χ1v) is 12.5. The molecule has 0 bridgehead atoms. The van der Waals surface area contributed by atoms with E-state index in [0.717, 1.165) is 16.4 Å². The Labute approximate surface area is 208 Å². The summed E-state index contributed by atoms with van der Waals surface area (Å²) in [6.07, 6.45) is 0.172. The van der Waals surface area contributed by atoms with Crippen LogP contribution in [0.1, 0.15) is 38.8 Å². The number of allylic oxidation sites excluding steroid dienone is 1. The van der Waals surface area contributed by atoms with Gasteiger partial charge in [0.05, 0.1) is 30.3 Å². The van der Waals surface area contributed by atoms with Gasteiger partial charge in [0, 0.05) is 43.8 Å². The van der Waals surface area contributed by atoms with Crippen molar-refractivity contribution in [3.05, 3.63) is 57.2 Å². The highest BCUT2D eigenvalue weighted by molar-refractivity contribution is 8.16. The second-order valence-corrected chi connectivity index (χ2v) is 9.50. The number of benzene rings is 1. The number of hydrogen-bond acceptors (Lipinski definition) is 7. The van der Waals surface area contributed by atoms with Gasteiger partial charge in [-0.2, -0.15) is 0 Å². The summed E-state index contributed by atoms with van der Waals surface area (Å²) in [5.74, 6) is -0.420. The van der Waals surface area contributed by atoms with E-state index in [4.69, 9.17) is 16.3 Å². The van der Waals surface area contributed by atoms with Gasteiger partial charge >= 0.3 is 5.97 Å². The molecule has 0 radical (unpaired) electrons. The van der Waals surface area contributed by atoms with Crippen molar-refractivity contribution < 1.29 is 19.1 Å². The molecule has 1 fully saturated rings. The summed E-state index contributed by atoms with van der Waals surface area (Å²) in [7, 11) is 0. The first-order chi connectivity index (χ1) is 16.3. The van der Waals surface area contributed by atoms with Gasteiger partial charge in [0.1, 0.15) is 0 Å². The van der Waals surface area contributed by atoms with Crippen molar-refractivity contribution >= 4 is 46.3 Å². The van der Waals surface area contributed by atoms with Crippen LogP contribution in [-0.4, -0.2) is 70.4 Å². The third kappa shape index (κ3) is 4.86. The third-order valence-corrected chi connectivity index (χ3v) is 7.23. The summed E-state index contributed by atoms with van der Waals surface area (Å²) >= 11 is 7.56. The number of aliphatic imine (C=N–C) groups is 1. The zero-order valence-electron chi connectivity index (χ0n) is 19.4. The van der Waals surface area contributed by atoms with Crippen LogP contribution in [0.3, 0.4) is 0 Å². The Hall–Kier alpha value is -2.78. The summed E-state index contributed by atoms with van der Waals surface area (Å²) in [5, 5.41) is 3.24. The standard InChI is InChI=1S/C24H27ClN4O4S/c1-4-33-23(32)21-15(2)26-24-29(22(21)17-5-7-18(25)8-6-17)19(14-34-24)13-20(31)28-11-9-27(10-12-28)16(3)30/h5-8,14,22H,4,9-13H2,1-3H3/t22-/m1/s1. The number of amides is 2. The zero-order valence-corrected chi connectivity index (χ0v) is 21.0. The molecule has 180 valence electrons. The molecule has 0 aromatic heterocycles. The first kappa shape index (κ1) is 24.3. The molecule has 0 aliphatic carbocycles. The molecule has 1 aromatic carbocycles. The van der Waals surface area contributed by atoms with E-state index in [9.17, 15) is 14.4 Å². The molecule has 10 heteroatoms. The van der Waals surface area contributed by atoms with Crippen molar-refractivity contribution in [2.75, 3.05) is 32.8 Å². The van der Waals surface area contributed by atoms with E-state index in [1.165, 1.54) is 11.8 Å². The molecule has 1 aromatic rings. The summed E-state index contributed by atoms with van der Waals surface area (Å²) in [4.78, 5) is 47.9. The molecule has 0 spiro atoms. The molecule has 1 atom stereocenters. The molecule has 3 heterocycles. The Kier molecular flexibility index (Phi) is 7.33. The van der Waals surface area contributed by atoms with E-state index < -0.39 is 12.0 Å². The van der Waals surface area contributed by atoms with Gasteiger partial charge in [-0.1, -0.05) is 35.5 Å². The maximum atomic E-state index is 13.2. The lowest BCUT2D eigenvalue weighted by Gasteiger charge is -2.37. The van der Waals surface area contributed by atoms with Gasteiger partial charge in [0.15, 0.2) is 5.17 Å². The van der Waals surface area contributed by atoms with Crippen molar-refractivity contribution in [1.82, 2.24) is 14.7 Å². The van der Waals surface area contributed by atoms with Gasteiger partial charge < -0.3 is 19.4 Å². The molecule has 0 N–H and O–H groups in total. The lowest BCUT2D eigenvalue weighted by Crippen LogP contribution is -2.50. The van der Waals surface area contributed by atoms with E-state index in [-0.39, 0.29) is 24.8 Å². The number of hydrogen-bond donors (Lipinski definition) is 0. The molecular weight excluding hydrogens is 476 g/mol. The molecule has 2 amide bonds. The average Bonchev–Trinajstić information content (AvgIpc) is 3.20. The number of carbonyl (C=O) groups is 3. The van der Waals surface area contributed by atoms with Crippen LogP contribution in [0.25, 0.3) is 0 Å². The summed E-state index contributed by atoms with van der Waals surface area (Å²) < 4.78 is 5.36. The maximum Gasteiger partial charge on any atom is 0.338 e.